The lowest BCUT2D eigenvalue weighted by Gasteiger charge is -2.42. The zero-order valence-electron chi connectivity index (χ0n) is 11.9. The molecule has 22 heavy (non-hydrogen) atoms. The molecule has 1 amide bonds. The van der Waals surface area contributed by atoms with Crippen molar-refractivity contribution >= 4 is 11.6 Å². The Bertz CT molecular complexity index is 669. The third kappa shape index (κ3) is 2.43. The van der Waals surface area contributed by atoms with Crippen molar-refractivity contribution in [2.75, 3.05) is 18.2 Å². The molecule has 1 atom stereocenters. The summed E-state index contributed by atoms with van der Waals surface area (Å²) in [6.45, 7) is 0.104. The molecule has 0 saturated carbocycles. The predicted octanol–water partition coefficient (Wildman–Crippen LogP) is 2.10. The van der Waals surface area contributed by atoms with Crippen LogP contribution in [0.3, 0.4) is 0 Å². The number of carbonyl (C=O) groups excluding carboxylic acids is 1. The van der Waals surface area contributed by atoms with Crippen LogP contribution in [-0.2, 0) is 4.84 Å². The van der Waals surface area contributed by atoms with Gasteiger partial charge in [-0.3, -0.25) is 14.5 Å². The Morgan fingerprint density at radius 2 is 2.18 bits per heavy atom. The molecule has 0 fully saturated rings. The van der Waals surface area contributed by atoms with E-state index in [9.17, 15) is 9.18 Å². The number of halogens is 1. The van der Waals surface area contributed by atoms with Gasteiger partial charge < -0.3 is 5.73 Å². The Morgan fingerprint density at radius 3 is 2.95 bits per heavy atom. The van der Waals surface area contributed by atoms with Gasteiger partial charge in [-0.05, 0) is 29.9 Å². The van der Waals surface area contributed by atoms with Gasteiger partial charge in [0.05, 0.1) is 24.2 Å². The zero-order chi connectivity index (χ0) is 15.5. The van der Waals surface area contributed by atoms with Gasteiger partial charge >= 0.3 is 0 Å². The van der Waals surface area contributed by atoms with E-state index in [1.165, 1.54) is 0 Å². The summed E-state index contributed by atoms with van der Waals surface area (Å²) in [5, 5.41) is 1.61. The minimum atomic E-state index is -0.397. The summed E-state index contributed by atoms with van der Waals surface area (Å²) in [4.78, 5) is 19.8. The number of amides is 1. The van der Waals surface area contributed by atoms with Crippen LogP contribution in [0.25, 0.3) is 0 Å². The number of nitrogens with zero attached hydrogens (tertiary/aromatic N) is 2. The molecule has 1 aromatic rings. The smallest absolute Gasteiger partial charge is 0.262 e. The number of hydrogen-bond acceptors (Lipinski definition) is 4. The molecular formula is C16H16FN3O2. The van der Waals surface area contributed by atoms with Crippen LogP contribution in [0.15, 0.2) is 60.6 Å². The van der Waals surface area contributed by atoms with Gasteiger partial charge in [0.1, 0.15) is 0 Å². The van der Waals surface area contributed by atoms with Crippen molar-refractivity contribution in [3.63, 3.8) is 0 Å². The number of hydroxylamine groups is 1. The molecule has 5 nitrogen and oxygen atoms in total. The predicted molar refractivity (Wildman–Crippen MR) is 81.4 cm³/mol. The number of nitrogens with two attached hydrogens (primary N) is 1. The van der Waals surface area contributed by atoms with Crippen molar-refractivity contribution in [1.29, 1.82) is 0 Å². The number of rotatable bonds is 4. The molecule has 3 rings (SSSR count). The fourth-order valence-corrected chi connectivity index (χ4v) is 2.43. The number of fused-ring (bicyclic) bond motifs is 2. The highest BCUT2D eigenvalue weighted by Crippen LogP contribution is 2.33. The molecule has 2 N–H and O–H groups in total. The number of allylic oxidation sites excluding steroid dienone is 2. The van der Waals surface area contributed by atoms with Crippen molar-refractivity contribution in [3.8, 4) is 0 Å². The van der Waals surface area contributed by atoms with E-state index in [0.717, 1.165) is 0 Å². The van der Waals surface area contributed by atoms with E-state index < -0.39 is 6.17 Å². The topological polar surface area (TPSA) is 58.8 Å². The quantitative estimate of drug-likeness (QED) is 0.925. The molecule has 0 bridgehead atoms. The summed E-state index contributed by atoms with van der Waals surface area (Å²) >= 11 is 0. The van der Waals surface area contributed by atoms with Crippen LogP contribution >= 0.6 is 0 Å². The third-order valence-electron chi connectivity index (χ3n) is 3.58. The normalized spacial score (nSPS) is 20.2. The lowest BCUT2D eigenvalue weighted by atomic mass is 10.1. The van der Waals surface area contributed by atoms with Gasteiger partial charge in [0.2, 0.25) is 0 Å². The van der Waals surface area contributed by atoms with Gasteiger partial charge in [0, 0.05) is 12.7 Å². The first-order chi connectivity index (χ1) is 10.8. The number of hydrogen-bond donors (Lipinski definition) is 1. The summed E-state index contributed by atoms with van der Waals surface area (Å²) in [6.07, 6.45) is 7.23. The van der Waals surface area contributed by atoms with E-state index in [-0.39, 0.29) is 19.1 Å². The van der Waals surface area contributed by atoms with Crippen LogP contribution in [0.5, 0.6) is 0 Å². The van der Waals surface area contributed by atoms with Gasteiger partial charge in [-0.1, -0.05) is 18.2 Å². The fourth-order valence-electron chi connectivity index (χ4n) is 2.43. The maximum atomic E-state index is 12.7. The van der Waals surface area contributed by atoms with Crippen LogP contribution in [0.4, 0.5) is 10.1 Å². The highest BCUT2D eigenvalue weighted by atomic mass is 19.1. The highest BCUT2D eigenvalue weighted by Gasteiger charge is 2.36. The molecule has 2 aliphatic rings. The van der Waals surface area contributed by atoms with Crippen molar-refractivity contribution < 1.29 is 14.0 Å². The average molecular weight is 301 g/mol. The summed E-state index contributed by atoms with van der Waals surface area (Å²) in [7, 11) is 0. The maximum absolute atomic E-state index is 12.7. The van der Waals surface area contributed by atoms with Crippen LogP contribution in [0.1, 0.15) is 10.4 Å². The molecule has 0 saturated heterocycles. The first-order valence-corrected chi connectivity index (χ1v) is 6.93. The van der Waals surface area contributed by atoms with E-state index >= 15 is 0 Å². The summed E-state index contributed by atoms with van der Waals surface area (Å²) in [6, 6.07) is 7.17. The number of para-hydroxylation sites is 1. The van der Waals surface area contributed by atoms with Crippen molar-refractivity contribution in [1.82, 2.24) is 4.90 Å². The zero-order valence-corrected chi connectivity index (χ0v) is 11.9. The molecule has 2 aliphatic heterocycles. The molecular weight excluding hydrogens is 285 g/mol. The Morgan fingerprint density at radius 1 is 1.36 bits per heavy atom. The highest BCUT2D eigenvalue weighted by molar-refractivity contribution is 6.02. The van der Waals surface area contributed by atoms with Crippen LogP contribution in [0.2, 0.25) is 0 Å². The van der Waals surface area contributed by atoms with Gasteiger partial charge in [-0.15, -0.1) is 0 Å². The summed E-state index contributed by atoms with van der Waals surface area (Å²) in [5.74, 6) is -0.0962. The van der Waals surface area contributed by atoms with E-state index in [2.05, 4.69) is 0 Å². The molecule has 1 aromatic carbocycles. The summed E-state index contributed by atoms with van der Waals surface area (Å²) < 4.78 is 12.7. The second-order valence-electron chi connectivity index (χ2n) is 4.94. The molecule has 0 spiro atoms. The summed E-state index contributed by atoms with van der Waals surface area (Å²) in [5.41, 5.74) is 6.99. The lowest BCUT2D eigenvalue weighted by molar-refractivity contribution is 0.0488. The SMILES string of the molecule is NC/C(=C\F)CON1c2ccccc2C(=O)N2C=CC=CC21. The lowest BCUT2D eigenvalue weighted by Crippen LogP contribution is -2.52. The number of anilines is 1. The Kier molecular flexibility index (Phi) is 4.04. The standard InChI is InChI=1S/C16H16FN3O2/c17-9-12(10-18)11-22-20-14-6-2-1-5-13(14)16(21)19-8-4-3-7-15(19)20/h1-9,15H,10-11,18H2/b12-9+. The molecule has 6 heteroatoms. The Balaban J connectivity index is 1.95. The monoisotopic (exact) mass is 301 g/mol. The van der Waals surface area contributed by atoms with E-state index in [1.54, 1.807) is 40.4 Å². The van der Waals surface area contributed by atoms with Crippen molar-refractivity contribution in [2.45, 2.75) is 6.17 Å². The van der Waals surface area contributed by atoms with Crippen LogP contribution in [-0.4, -0.2) is 30.1 Å². The Labute approximate surface area is 127 Å². The third-order valence-corrected chi connectivity index (χ3v) is 3.58. The second kappa shape index (κ2) is 6.13. The minimum Gasteiger partial charge on any atom is -0.327 e. The molecule has 0 aliphatic carbocycles. The van der Waals surface area contributed by atoms with Gasteiger partial charge in [-0.2, -0.15) is 0 Å². The van der Waals surface area contributed by atoms with Crippen molar-refractivity contribution in [3.05, 3.63) is 66.2 Å². The number of benzene rings is 1. The van der Waals surface area contributed by atoms with Crippen LogP contribution in [0, 0.1) is 0 Å². The second-order valence-corrected chi connectivity index (χ2v) is 4.94. The van der Waals surface area contributed by atoms with Crippen molar-refractivity contribution in [2.24, 2.45) is 5.73 Å². The van der Waals surface area contributed by atoms with E-state index in [1.807, 2.05) is 18.2 Å². The van der Waals surface area contributed by atoms with E-state index in [4.69, 9.17) is 10.6 Å². The maximum Gasteiger partial charge on any atom is 0.262 e. The fraction of sp³-hybridized carbons (Fsp3) is 0.188. The Hall–Kier alpha value is -2.44. The first kappa shape index (κ1) is 14.5. The average Bonchev–Trinajstić information content (AvgIpc) is 2.58. The number of carbonyl (C=O) groups is 1. The molecule has 0 radical (unpaired) electrons. The largest absolute Gasteiger partial charge is 0.327 e. The molecule has 0 aromatic heterocycles. The van der Waals surface area contributed by atoms with Gasteiger partial charge in [0.15, 0.2) is 6.17 Å². The van der Waals surface area contributed by atoms with Gasteiger partial charge in [-0.25, -0.2) is 9.45 Å². The molecule has 1 unspecified atom stereocenters. The van der Waals surface area contributed by atoms with E-state index in [0.29, 0.717) is 23.2 Å². The first-order valence-electron chi connectivity index (χ1n) is 6.93. The minimum absolute atomic E-state index is 0.0252. The van der Waals surface area contributed by atoms with Gasteiger partial charge in [0.25, 0.3) is 5.91 Å². The van der Waals surface area contributed by atoms with Crippen LogP contribution < -0.4 is 10.8 Å². The molecule has 2 heterocycles. The molecule has 114 valence electrons.